The largest absolute Gasteiger partial charge is 0.0887 e. The van der Waals surface area contributed by atoms with E-state index >= 15 is 0 Å². The van der Waals surface area contributed by atoms with E-state index in [4.69, 9.17) is 0 Å². The quantitative estimate of drug-likeness (QED) is 0.401. The molecule has 40 valence electrons. The molecule has 0 aromatic heterocycles. The molecule has 7 heavy (non-hydrogen) atoms. The van der Waals surface area contributed by atoms with Crippen LogP contribution in [0.3, 0.4) is 0 Å². The van der Waals surface area contributed by atoms with E-state index in [9.17, 15) is 0 Å². The van der Waals surface area contributed by atoms with Crippen molar-refractivity contribution in [3.05, 3.63) is 12.2 Å². The van der Waals surface area contributed by atoms with E-state index in [1.807, 2.05) is 6.08 Å². The zero-order valence-corrected chi connectivity index (χ0v) is 5.37. The van der Waals surface area contributed by atoms with Gasteiger partial charge in [-0.25, -0.2) is 0 Å². The van der Waals surface area contributed by atoms with Crippen molar-refractivity contribution >= 4 is 17.6 Å². The summed E-state index contributed by atoms with van der Waals surface area (Å²) in [7, 11) is 0. The Bertz CT molecular complexity index is 64.6. The van der Waals surface area contributed by atoms with Gasteiger partial charge < -0.3 is 0 Å². The Morgan fingerprint density at radius 1 is 1.57 bits per heavy atom. The van der Waals surface area contributed by atoms with E-state index in [2.05, 4.69) is 25.2 Å². The van der Waals surface area contributed by atoms with Crippen molar-refractivity contribution in [1.29, 1.82) is 0 Å². The molecule has 0 aliphatic rings. The van der Waals surface area contributed by atoms with E-state index in [-0.39, 0.29) is 0 Å². The Morgan fingerprint density at radius 3 is 2.71 bits per heavy atom. The molecule has 0 nitrogen and oxygen atoms in total. The Hall–Kier alpha value is -0.170. The smallest absolute Gasteiger partial charge is 0.00103 e. The molecule has 0 unspecified atom stereocenters. The van der Waals surface area contributed by atoms with Gasteiger partial charge in [0.15, 0.2) is 0 Å². The maximum atomic E-state index is 4.55. The second-order valence-electron chi connectivity index (χ2n) is 1.35. The lowest BCUT2D eigenvalue weighted by Crippen LogP contribution is -1.59. The molecule has 0 aliphatic heterocycles. The molecule has 0 rings (SSSR count). The van der Waals surface area contributed by atoms with E-state index in [0.29, 0.717) is 0 Å². The summed E-state index contributed by atoms with van der Waals surface area (Å²) in [5, 5.41) is 1.63. The summed E-state index contributed by atoms with van der Waals surface area (Å²) in [6.45, 7) is 2.15. The number of unbranched alkanes of at least 4 members (excludes halogenated alkanes) is 1. The average molecular weight is 114 g/mol. The lowest BCUT2D eigenvalue weighted by Gasteiger charge is -1.76. The van der Waals surface area contributed by atoms with E-state index in [0.717, 1.165) is 6.42 Å². The Labute approximate surface area is 50.2 Å². The van der Waals surface area contributed by atoms with E-state index in [1.54, 1.807) is 5.37 Å². The number of thiocarbonyl (C=S) groups is 1. The molecule has 0 radical (unpaired) electrons. The van der Waals surface area contributed by atoms with Gasteiger partial charge in [-0.1, -0.05) is 37.7 Å². The van der Waals surface area contributed by atoms with Crippen molar-refractivity contribution in [2.45, 2.75) is 19.8 Å². The molecule has 0 aromatic carbocycles. The predicted octanol–water partition coefficient (Wildman–Crippen LogP) is 2.34. The lowest BCUT2D eigenvalue weighted by atomic mass is 10.3. The maximum Gasteiger partial charge on any atom is 0.00103 e. The molecule has 0 saturated heterocycles. The summed E-state index contributed by atoms with van der Waals surface area (Å²) in [5.41, 5.74) is 0. The fraction of sp³-hybridized carbons (Fsp3) is 0.500. The van der Waals surface area contributed by atoms with Crippen molar-refractivity contribution in [2.24, 2.45) is 0 Å². The van der Waals surface area contributed by atoms with Crippen LogP contribution in [0.1, 0.15) is 19.8 Å². The van der Waals surface area contributed by atoms with Crippen molar-refractivity contribution in [2.75, 3.05) is 0 Å². The fourth-order valence-corrected chi connectivity index (χ4v) is 0.430. The molecule has 0 amide bonds. The van der Waals surface area contributed by atoms with Crippen LogP contribution >= 0.6 is 12.2 Å². The van der Waals surface area contributed by atoms with Gasteiger partial charge >= 0.3 is 0 Å². The van der Waals surface area contributed by atoms with Gasteiger partial charge in [0, 0.05) is 5.37 Å². The summed E-state index contributed by atoms with van der Waals surface area (Å²) < 4.78 is 0. The number of hydrogen-bond acceptors (Lipinski definition) is 1. The standard InChI is InChI=1S/C6H10S/c1-2-3-4-5-6-7/h4-6H,2-3H2,1H3. The zero-order chi connectivity index (χ0) is 5.54. The molecule has 0 aromatic rings. The first-order chi connectivity index (χ1) is 3.41. The molecule has 0 N–H and O–H groups in total. The third kappa shape index (κ3) is 5.83. The summed E-state index contributed by atoms with van der Waals surface area (Å²) in [6, 6.07) is 0. The van der Waals surface area contributed by atoms with Crippen LogP contribution in [0.5, 0.6) is 0 Å². The first kappa shape index (κ1) is 6.83. The van der Waals surface area contributed by atoms with E-state index < -0.39 is 0 Å². The molecule has 0 spiro atoms. The highest BCUT2D eigenvalue weighted by Gasteiger charge is 1.66. The van der Waals surface area contributed by atoms with Crippen LogP contribution in [-0.4, -0.2) is 5.37 Å². The number of allylic oxidation sites excluding steroid dienone is 2. The SMILES string of the molecule is CCCC=CC=S. The van der Waals surface area contributed by atoms with Gasteiger partial charge in [-0.2, -0.15) is 0 Å². The van der Waals surface area contributed by atoms with Crippen LogP contribution in [0, 0.1) is 0 Å². The first-order valence-corrected chi connectivity index (χ1v) is 2.99. The third-order valence-corrected chi connectivity index (χ3v) is 0.827. The molecule has 1 heteroatoms. The highest BCUT2D eigenvalue weighted by Crippen LogP contribution is 1.85. The van der Waals surface area contributed by atoms with Crippen molar-refractivity contribution in [3.8, 4) is 0 Å². The molecular formula is C6H10S. The highest BCUT2D eigenvalue weighted by atomic mass is 32.1. The topological polar surface area (TPSA) is 0 Å². The van der Waals surface area contributed by atoms with Gasteiger partial charge in [-0.05, 0) is 6.42 Å². The van der Waals surface area contributed by atoms with Crippen LogP contribution < -0.4 is 0 Å². The van der Waals surface area contributed by atoms with Gasteiger partial charge in [0.1, 0.15) is 0 Å². The minimum Gasteiger partial charge on any atom is -0.0887 e. The van der Waals surface area contributed by atoms with Crippen LogP contribution in [0.15, 0.2) is 12.2 Å². The normalized spacial score (nSPS) is 9.86. The van der Waals surface area contributed by atoms with Crippen LogP contribution in [-0.2, 0) is 0 Å². The summed E-state index contributed by atoms with van der Waals surface area (Å²) in [5.74, 6) is 0. The molecule has 0 fully saturated rings. The van der Waals surface area contributed by atoms with E-state index in [1.165, 1.54) is 6.42 Å². The minimum atomic E-state index is 1.15. The Morgan fingerprint density at radius 2 is 2.29 bits per heavy atom. The van der Waals surface area contributed by atoms with Crippen molar-refractivity contribution in [1.82, 2.24) is 0 Å². The van der Waals surface area contributed by atoms with Crippen molar-refractivity contribution in [3.63, 3.8) is 0 Å². The lowest BCUT2D eigenvalue weighted by molar-refractivity contribution is 0.960. The zero-order valence-electron chi connectivity index (χ0n) is 4.55. The number of hydrogen-bond donors (Lipinski definition) is 0. The number of rotatable bonds is 3. The molecular weight excluding hydrogens is 104 g/mol. The highest BCUT2D eigenvalue weighted by molar-refractivity contribution is 7.79. The van der Waals surface area contributed by atoms with Crippen molar-refractivity contribution < 1.29 is 0 Å². The Kier molecular flexibility index (Phi) is 5.69. The van der Waals surface area contributed by atoms with Crippen LogP contribution in [0.25, 0.3) is 0 Å². The third-order valence-electron chi connectivity index (χ3n) is 0.670. The summed E-state index contributed by atoms with van der Waals surface area (Å²) in [6.07, 6.45) is 6.33. The van der Waals surface area contributed by atoms with Gasteiger partial charge in [0.05, 0.1) is 0 Å². The van der Waals surface area contributed by atoms with Gasteiger partial charge in [0.2, 0.25) is 0 Å². The summed E-state index contributed by atoms with van der Waals surface area (Å²) in [4.78, 5) is 0. The second kappa shape index (κ2) is 5.83. The molecule has 0 atom stereocenters. The monoisotopic (exact) mass is 114 g/mol. The second-order valence-corrected chi connectivity index (χ2v) is 1.63. The molecule has 0 saturated carbocycles. The Balaban J connectivity index is 2.92. The van der Waals surface area contributed by atoms with Crippen LogP contribution in [0.2, 0.25) is 0 Å². The summed E-state index contributed by atoms with van der Waals surface area (Å²) >= 11 is 4.55. The first-order valence-electron chi connectivity index (χ1n) is 2.52. The van der Waals surface area contributed by atoms with Gasteiger partial charge in [-0.15, -0.1) is 0 Å². The minimum absolute atomic E-state index is 1.15. The van der Waals surface area contributed by atoms with Crippen LogP contribution in [0.4, 0.5) is 0 Å². The van der Waals surface area contributed by atoms with Gasteiger partial charge in [-0.3, -0.25) is 0 Å². The molecule has 0 aliphatic carbocycles. The van der Waals surface area contributed by atoms with Gasteiger partial charge in [0.25, 0.3) is 0 Å². The molecule has 0 heterocycles. The fourth-order valence-electron chi connectivity index (χ4n) is 0.318. The predicted molar refractivity (Wildman–Crippen MR) is 37.7 cm³/mol. The molecule has 0 bridgehead atoms. The average Bonchev–Trinajstić information content (AvgIpc) is 1.69. The maximum absolute atomic E-state index is 4.55.